The Morgan fingerprint density at radius 3 is 2.11 bits per heavy atom. The van der Waals surface area contributed by atoms with E-state index in [-0.39, 0.29) is 32.3 Å². The molecule has 0 unspecified atom stereocenters. The Morgan fingerprint density at radius 1 is 0.911 bits per heavy atom. The summed E-state index contributed by atoms with van der Waals surface area (Å²) in [5, 5.41) is 25.7. The first-order valence-corrected chi connectivity index (χ1v) is 16.4. The lowest BCUT2D eigenvalue weighted by molar-refractivity contribution is -0.237. The molecular weight excluding hydrogens is 582 g/mol. The predicted octanol–water partition coefficient (Wildman–Crippen LogP) is 3.28. The van der Waals surface area contributed by atoms with Gasteiger partial charge in [0.05, 0.1) is 12.1 Å². The number of rotatable bonds is 12. The zero-order chi connectivity index (χ0) is 33.5. The topological polar surface area (TPSA) is 172 Å². The lowest BCUT2D eigenvalue weighted by Gasteiger charge is -2.53. The second-order valence-corrected chi connectivity index (χ2v) is 13.9. The number of nitrogens with two attached hydrogens (primary N) is 1. The van der Waals surface area contributed by atoms with Gasteiger partial charge < -0.3 is 34.9 Å². The summed E-state index contributed by atoms with van der Waals surface area (Å²) in [6.07, 6.45) is 3.59. The molecule has 11 nitrogen and oxygen atoms in total. The van der Waals surface area contributed by atoms with E-state index < -0.39 is 88.5 Å². The van der Waals surface area contributed by atoms with Gasteiger partial charge in [-0.1, -0.05) is 53.7 Å². The molecule has 0 aliphatic heterocycles. The Labute approximate surface area is 265 Å². The quantitative estimate of drug-likeness (QED) is 0.164. The molecule has 0 saturated heterocycles. The SMILES string of the molecule is CCCC(=O)OCC1=C[C@H]2[C@@H]3C(C)(C)[C@]3(OC(=O)CCC)[C@H](OC(=O)CCC)[C@@H](C)[C@]2(O)[C@@H]2C=C(C)[C@H](OC(=O)CN)[C@@]2(O)C1. The van der Waals surface area contributed by atoms with E-state index in [0.29, 0.717) is 30.4 Å². The Morgan fingerprint density at radius 2 is 1.51 bits per heavy atom. The van der Waals surface area contributed by atoms with Gasteiger partial charge in [0.25, 0.3) is 0 Å². The number of fused-ring (bicyclic) bond motifs is 5. The molecule has 4 rings (SSSR count). The Balaban J connectivity index is 1.91. The number of carbonyl (C=O) groups excluding carboxylic acids is 4. The first-order valence-electron chi connectivity index (χ1n) is 16.4. The third-order valence-electron chi connectivity index (χ3n) is 10.7. The van der Waals surface area contributed by atoms with Crippen LogP contribution in [0.4, 0.5) is 0 Å². The standard InChI is InChI=1S/C34H51NO10/c1-8-11-24(36)42-18-21-15-22-28-31(6,7)34(28,45-26(38)13-10-3)30(43-25(37)12-9-2)20(5)33(22,41)23-14-19(4)29(32(23,40)16-21)44-27(39)17-35/h14-15,20,22-23,28-30,40-41H,8-13,16-18,35H2,1-7H3/t20-,22+,23-,28-,29+,30-,32-,33-,34-/m1/s1. The van der Waals surface area contributed by atoms with Crippen LogP contribution in [-0.4, -0.2) is 76.3 Å². The molecule has 2 fully saturated rings. The van der Waals surface area contributed by atoms with Gasteiger partial charge in [-0.2, -0.15) is 0 Å². The molecule has 0 heterocycles. The van der Waals surface area contributed by atoms with E-state index in [1.54, 1.807) is 19.9 Å². The summed E-state index contributed by atoms with van der Waals surface area (Å²) in [6.45, 7) is 12.4. The van der Waals surface area contributed by atoms with Crippen molar-refractivity contribution in [1.82, 2.24) is 0 Å². The van der Waals surface area contributed by atoms with E-state index >= 15 is 0 Å². The van der Waals surface area contributed by atoms with Gasteiger partial charge in [-0.3, -0.25) is 19.2 Å². The highest BCUT2D eigenvalue weighted by molar-refractivity contribution is 5.73. The molecule has 0 aromatic carbocycles. The molecule has 4 aliphatic carbocycles. The summed E-state index contributed by atoms with van der Waals surface area (Å²) >= 11 is 0. The molecule has 4 N–H and O–H groups in total. The van der Waals surface area contributed by atoms with E-state index in [2.05, 4.69) is 0 Å². The number of esters is 4. The lowest BCUT2D eigenvalue weighted by atomic mass is 9.58. The Bertz CT molecular complexity index is 1260. The van der Waals surface area contributed by atoms with Crippen LogP contribution in [0, 0.1) is 29.1 Å². The second-order valence-electron chi connectivity index (χ2n) is 13.9. The molecule has 252 valence electrons. The summed E-state index contributed by atoms with van der Waals surface area (Å²) in [6, 6.07) is 0. The van der Waals surface area contributed by atoms with Crippen LogP contribution >= 0.6 is 0 Å². The van der Waals surface area contributed by atoms with Crippen molar-refractivity contribution in [3.63, 3.8) is 0 Å². The zero-order valence-corrected chi connectivity index (χ0v) is 27.7. The summed E-state index contributed by atoms with van der Waals surface area (Å²) in [5.74, 6) is -5.09. The van der Waals surface area contributed by atoms with Gasteiger partial charge in [0.2, 0.25) is 0 Å². The summed E-state index contributed by atoms with van der Waals surface area (Å²) in [5.41, 5.74) is 1.04. The average Bonchev–Trinajstić information content (AvgIpc) is 3.37. The van der Waals surface area contributed by atoms with Gasteiger partial charge in [0.15, 0.2) is 11.7 Å². The number of hydrogen-bond acceptors (Lipinski definition) is 11. The van der Waals surface area contributed by atoms with Crippen molar-refractivity contribution in [2.24, 2.45) is 34.8 Å². The first kappa shape index (κ1) is 35.1. The van der Waals surface area contributed by atoms with Crippen molar-refractivity contribution in [3.05, 3.63) is 23.3 Å². The van der Waals surface area contributed by atoms with Crippen LogP contribution < -0.4 is 5.73 Å². The Kier molecular flexibility index (Phi) is 9.98. The van der Waals surface area contributed by atoms with Gasteiger partial charge in [-0.15, -0.1) is 0 Å². The third-order valence-corrected chi connectivity index (χ3v) is 10.7. The highest BCUT2D eigenvalue weighted by Gasteiger charge is 2.88. The van der Waals surface area contributed by atoms with Gasteiger partial charge >= 0.3 is 23.9 Å². The molecule has 45 heavy (non-hydrogen) atoms. The summed E-state index contributed by atoms with van der Waals surface area (Å²) in [7, 11) is 0. The van der Waals surface area contributed by atoms with E-state index in [1.807, 2.05) is 40.7 Å². The molecule has 0 radical (unpaired) electrons. The third kappa shape index (κ3) is 5.63. The summed E-state index contributed by atoms with van der Waals surface area (Å²) in [4.78, 5) is 51.1. The fourth-order valence-electron chi connectivity index (χ4n) is 8.64. The fourth-order valence-corrected chi connectivity index (χ4v) is 8.64. The molecule has 0 aromatic heterocycles. The number of aliphatic hydroxyl groups is 2. The normalized spacial score (nSPS) is 37.5. The minimum absolute atomic E-state index is 0.0744. The zero-order valence-electron chi connectivity index (χ0n) is 27.7. The molecule has 2 saturated carbocycles. The molecule has 9 atom stereocenters. The molecule has 4 aliphatic rings. The number of ether oxygens (including phenoxy) is 4. The molecule has 0 aromatic rings. The van der Waals surface area contributed by atoms with Gasteiger partial charge in [-0.05, 0) is 37.3 Å². The van der Waals surface area contributed by atoms with Crippen molar-refractivity contribution in [1.29, 1.82) is 0 Å². The monoisotopic (exact) mass is 633 g/mol. The van der Waals surface area contributed by atoms with Crippen LogP contribution in [0.5, 0.6) is 0 Å². The number of hydrogen-bond donors (Lipinski definition) is 3. The molecule has 0 amide bonds. The van der Waals surface area contributed by atoms with Crippen LogP contribution in [0.15, 0.2) is 23.3 Å². The van der Waals surface area contributed by atoms with Crippen LogP contribution in [0.2, 0.25) is 0 Å². The lowest BCUT2D eigenvalue weighted by Crippen LogP contribution is -2.66. The molecule has 11 heteroatoms. The molecule has 0 bridgehead atoms. The van der Waals surface area contributed by atoms with Gasteiger partial charge in [0.1, 0.15) is 18.3 Å². The largest absolute Gasteiger partial charge is 0.461 e. The van der Waals surface area contributed by atoms with Crippen molar-refractivity contribution >= 4 is 23.9 Å². The first-order chi connectivity index (χ1) is 21.1. The van der Waals surface area contributed by atoms with E-state index in [1.165, 1.54) is 0 Å². The van der Waals surface area contributed by atoms with Crippen molar-refractivity contribution in [3.8, 4) is 0 Å². The van der Waals surface area contributed by atoms with Gasteiger partial charge in [-0.25, -0.2) is 0 Å². The van der Waals surface area contributed by atoms with E-state index in [4.69, 9.17) is 24.7 Å². The van der Waals surface area contributed by atoms with Crippen LogP contribution in [-0.2, 0) is 38.1 Å². The van der Waals surface area contributed by atoms with Crippen LogP contribution in [0.3, 0.4) is 0 Å². The smallest absolute Gasteiger partial charge is 0.320 e. The molecular formula is C34H51NO10. The fraction of sp³-hybridized carbons (Fsp3) is 0.765. The minimum Gasteiger partial charge on any atom is -0.461 e. The average molecular weight is 634 g/mol. The van der Waals surface area contributed by atoms with Crippen molar-refractivity contribution in [2.45, 2.75) is 122 Å². The van der Waals surface area contributed by atoms with Crippen molar-refractivity contribution < 1.29 is 48.3 Å². The maximum Gasteiger partial charge on any atom is 0.320 e. The minimum atomic E-state index is -1.84. The molecule has 0 spiro atoms. The van der Waals surface area contributed by atoms with Crippen molar-refractivity contribution in [2.75, 3.05) is 13.2 Å². The maximum atomic E-state index is 13.2. The Hall–Kier alpha value is -2.76. The highest BCUT2D eigenvalue weighted by Crippen LogP contribution is 2.77. The highest BCUT2D eigenvalue weighted by atomic mass is 16.6. The van der Waals surface area contributed by atoms with Crippen LogP contribution in [0.1, 0.15) is 93.4 Å². The number of carbonyl (C=O) groups is 4. The van der Waals surface area contributed by atoms with E-state index in [9.17, 15) is 29.4 Å². The van der Waals surface area contributed by atoms with Gasteiger partial charge in [0, 0.05) is 54.8 Å². The maximum absolute atomic E-state index is 13.2. The second kappa shape index (κ2) is 12.8. The van der Waals surface area contributed by atoms with E-state index in [0.717, 1.165) is 0 Å². The van der Waals surface area contributed by atoms with Crippen LogP contribution in [0.25, 0.3) is 0 Å². The summed E-state index contributed by atoms with van der Waals surface area (Å²) < 4.78 is 23.8. The predicted molar refractivity (Wildman–Crippen MR) is 163 cm³/mol.